The molecule has 1 heterocycles. The SMILES string of the molecule is COc1ccc(C(=O)c2cccc(OC)n2)cc1. The van der Waals surface area contributed by atoms with Crippen molar-refractivity contribution >= 4 is 5.78 Å². The van der Waals surface area contributed by atoms with E-state index in [1.165, 1.54) is 7.11 Å². The molecule has 0 amide bonds. The minimum absolute atomic E-state index is 0.142. The number of benzene rings is 1. The van der Waals surface area contributed by atoms with Crippen molar-refractivity contribution in [3.63, 3.8) is 0 Å². The Kier molecular flexibility index (Phi) is 3.57. The summed E-state index contributed by atoms with van der Waals surface area (Å²) in [6.45, 7) is 0. The third-order valence-corrected chi connectivity index (χ3v) is 2.52. The molecule has 2 aromatic rings. The lowest BCUT2D eigenvalue weighted by Gasteiger charge is -2.04. The van der Waals surface area contributed by atoms with E-state index in [4.69, 9.17) is 9.47 Å². The fourth-order valence-electron chi connectivity index (χ4n) is 1.55. The summed E-state index contributed by atoms with van der Waals surface area (Å²) in [5.41, 5.74) is 0.927. The van der Waals surface area contributed by atoms with Crippen LogP contribution in [0.15, 0.2) is 42.5 Å². The number of hydrogen-bond acceptors (Lipinski definition) is 4. The highest BCUT2D eigenvalue weighted by molar-refractivity contribution is 6.07. The van der Waals surface area contributed by atoms with Gasteiger partial charge in [-0.15, -0.1) is 0 Å². The van der Waals surface area contributed by atoms with E-state index in [0.717, 1.165) is 0 Å². The van der Waals surface area contributed by atoms with Crippen LogP contribution in [0.5, 0.6) is 11.6 Å². The fourth-order valence-corrected chi connectivity index (χ4v) is 1.55. The number of methoxy groups -OCH3 is 2. The Balaban J connectivity index is 2.29. The molecule has 4 nitrogen and oxygen atoms in total. The minimum Gasteiger partial charge on any atom is -0.497 e. The van der Waals surface area contributed by atoms with Crippen molar-refractivity contribution in [2.75, 3.05) is 14.2 Å². The minimum atomic E-state index is -0.142. The predicted octanol–water partition coefficient (Wildman–Crippen LogP) is 2.33. The summed E-state index contributed by atoms with van der Waals surface area (Å²) in [6, 6.07) is 12.0. The molecule has 0 aliphatic carbocycles. The quantitative estimate of drug-likeness (QED) is 0.773. The van der Waals surface area contributed by atoms with Crippen LogP contribution in [0.2, 0.25) is 0 Å². The van der Waals surface area contributed by atoms with Gasteiger partial charge in [0.15, 0.2) is 0 Å². The molecule has 1 aromatic carbocycles. The van der Waals surface area contributed by atoms with Crippen LogP contribution in [-0.4, -0.2) is 25.0 Å². The molecular weight excluding hydrogens is 230 g/mol. The van der Waals surface area contributed by atoms with Crippen molar-refractivity contribution in [3.8, 4) is 11.6 Å². The summed E-state index contributed by atoms with van der Waals surface area (Å²) >= 11 is 0. The zero-order chi connectivity index (χ0) is 13.0. The van der Waals surface area contributed by atoms with Crippen molar-refractivity contribution in [1.82, 2.24) is 4.98 Å². The van der Waals surface area contributed by atoms with Crippen LogP contribution >= 0.6 is 0 Å². The van der Waals surface area contributed by atoms with Gasteiger partial charge in [0.1, 0.15) is 11.4 Å². The molecular formula is C14H13NO3. The van der Waals surface area contributed by atoms with E-state index in [-0.39, 0.29) is 5.78 Å². The topological polar surface area (TPSA) is 48.4 Å². The molecule has 0 N–H and O–H groups in total. The first-order chi connectivity index (χ1) is 8.74. The predicted molar refractivity (Wildman–Crippen MR) is 67.2 cm³/mol. The lowest BCUT2D eigenvalue weighted by Crippen LogP contribution is -2.04. The molecule has 18 heavy (non-hydrogen) atoms. The summed E-state index contributed by atoms with van der Waals surface area (Å²) in [6.07, 6.45) is 0. The van der Waals surface area contributed by atoms with Crippen LogP contribution in [0, 0.1) is 0 Å². The summed E-state index contributed by atoms with van der Waals surface area (Å²) < 4.78 is 10.0. The molecule has 2 rings (SSSR count). The highest BCUT2D eigenvalue weighted by Crippen LogP contribution is 2.15. The Hall–Kier alpha value is -2.36. The maximum Gasteiger partial charge on any atom is 0.213 e. The molecule has 0 atom stereocenters. The Bertz CT molecular complexity index is 549. The van der Waals surface area contributed by atoms with Crippen LogP contribution in [0.4, 0.5) is 0 Å². The van der Waals surface area contributed by atoms with Crippen LogP contribution < -0.4 is 9.47 Å². The van der Waals surface area contributed by atoms with Gasteiger partial charge >= 0.3 is 0 Å². The van der Waals surface area contributed by atoms with Crippen LogP contribution in [-0.2, 0) is 0 Å². The van der Waals surface area contributed by atoms with E-state index >= 15 is 0 Å². The maximum absolute atomic E-state index is 12.2. The number of ether oxygens (including phenoxy) is 2. The standard InChI is InChI=1S/C14H13NO3/c1-17-11-8-6-10(7-9-11)14(16)12-4-3-5-13(15-12)18-2/h3-9H,1-2H3. The second-order valence-electron chi connectivity index (χ2n) is 3.62. The molecule has 0 aliphatic heterocycles. The van der Waals surface area contributed by atoms with E-state index in [9.17, 15) is 4.79 Å². The largest absolute Gasteiger partial charge is 0.497 e. The van der Waals surface area contributed by atoms with Crippen LogP contribution in [0.1, 0.15) is 16.1 Å². The highest BCUT2D eigenvalue weighted by atomic mass is 16.5. The van der Waals surface area contributed by atoms with Gasteiger partial charge in [0.2, 0.25) is 11.7 Å². The average Bonchev–Trinajstić information content (AvgIpc) is 2.46. The van der Waals surface area contributed by atoms with E-state index in [1.807, 2.05) is 0 Å². The third-order valence-electron chi connectivity index (χ3n) is 2.52. The molecule has 0 spiro atoms. The van der Waals surface area contributed by atoms with Gasteiger partial charge in [-0.3, -0.25) is 4.79 Å². The van der Waals surface area contributed by atoms with Gasteiger partial charge in [0.25, 0.3) is 0 Å². The summed E-state index contributed by atoms with van der Waals surface area (Å²) in [7, 11) is 3.10. The molecule has 0 saturated heterocycles. The van der Waals surface area contributed by atoms with Crippen molar-refractivity contribution in [1.29, 1.82) is 0 Å². The van der Waals surface area contributed by atoms with Crippen LogP contribution in [0.3, 0.4) is 0 Å². The normalized spacial score (nSPS) is 9.89. The lowest BCUT2D eigenvalue weighted by atomic mass is 10.1. The number of carbonyl (C=O) groups is 1. The molecule has 0 radical (unpaired) electrons. The first-order valence-electron chi connectivity index (χ1n) is 5.44. The zero-order valence-corrected chi connectivity index (χ0v) is 10.2. The molecule has 0 fully saturated rings. The molecule has 92 valence electrons. The van der Waals surface area contributed by atoms with Gasteiger partial charge in [-0.25, -0.2) is 4.98 Å². The van der Waals surface area contributed by atoms with E-state index in [0.29, 0.717) is 22.9 Å². The first kappa shape index (κ1) is 12.1. The number of carbonyl (C=O) groups excluding carboxylic acids is 1. The summed E-state index contributed by atoms with van der Waals surface area (Å²) in [5.74, 6) is 0.996. The summed E-state index contributed by atoms with van der Waals surface area (Å²) in [4.78, 5) is 16.3. The van der Waals surface area contributed by atoms with Crippen molar-refractivity contribution < 1.29 is 14.3 Å². The average molecular weight is 243 g/mol. The zero-order valence-electron chi connectivity index (χ0n) is 10.2. The second-order valence-corrected chi connectivity index (χ2v) is 3.62. The Morgan fingerprint density at radius 1 is 1.00 bits per heavy atom. The van der Waals surface area contributed by atoms with Crippen molar-refractivity contribution in [3.05, 3.63) is 53.7 Å². The lowest BCUT2D eigenvalue weighted by molar-refractivity contribution is 0.103. The first-order valence-corrected chi connectivity index (χ1v) is 5.44. The molecule has 0 unspecified atom stereocenters. The Labute approximate surface area is 105 Å². The number of ketones is 1. The number of aromatic nitrogens is 1. The van der Waals surface area contributed by atoms with Gasteiger partial charge < -0.3 is 9.47 Å². The highest BCUT2D eigenvalue weighted by Gasteiger charge is 2.11. The smallest absolute Gasteiger partial charge is 0.213 e. The number of hydrogen-bond donors (Lipinski definition) is 0. The van der Waals surface area contributed by atoms with Gasteiger partial charge in [-0.1, -0.05) is 6.07 Å². The fraction of sp³-hybridized carbons (Fsp3) is 0.143. The van der Waals surface area contributed by atoms with E-state index in [1.54, 1.807) is 49.6 Å². The van der Waals surface area contributed by atoms with E-state index < -0.39 is 0 Å². The molecule has 0 aliphatic rings. The van der Waals surface area contributed by atoms with E-state index in [2.05, 4.69) is 4.98 Å². The van der Waals surface area contributed by atoms with Crippen molar-refractivity contribution in [2.24, 2.45) is 0 Å². The van der Waals surface area contributed by atoms with Gasteiger partial charge in [-0.2, -0.15) is 0 Å². The maximum atomic E-state index is 12.2. The Morgan fingerprint density at radius 3 is 2.33 bits per heavy atom. The molecule has 0 bridgehead atoms. The molecule has 4 heteroatoms. The van der Waals surface area contributed by atoms with Gasteiger partial charge in [0, 0.05) is 11.6 Å². The monoisotopic (exact) mass is 243 g/mol. The molecule has 0 saturated carbocycles. The van der Waals surface area contributed by atoms with Crippen LogP contribution in [0.25, 0.3) is 0 Å². The number of nitrogens with zero attached hydrogens (tertiary/aromatic N) is 1. The Morgan fingerprint density at radius 2 is 1.72 bits per heavy atom. The van der Waals surface area contributed by atoms with Gasteiger partial charge in [0.05, 0.1) is 14.2 Å². The molecule has 1 aromatic heterocycles. The second kappa shape index (κ2) is 5.31. The number of rotatable bonds is 4. The van der Waals surface area contributed by atoms with Gasteiger partial charge in [-0.05, 0) is 30.3 Å². The number of pyridine rings is 1. The van der Waals surface area contributed by atoms with Crippen molar-refractivity contribution in [2.45, 2.75) is 0 Å². The summed E-state index contributed by atoms with van der Waals surface area (Å²) in [5, 5.41) is 0. The third kappa shape index (κ3) is 2.48.